The van der Waals surface area contributed by atoms with Gasteiger partial charge in [-0.25, -0.2) is 17.6 Å². The first-order chi connectivity index (χ1) is 13.4. The second-order valence-electron chi connectivity index (χ2n) is 6.76. The van der Waals surface area contributed by atoms with E-state index < -0.39 is 26.8 Å². The van der Waals surface area contributed by atoms with Crippen LogP contribution in [-0.4, -0.2) is 37.9 Å². The minimum atomic E-state index is -4.00. The fourth-order valence-corrected chi connectivity index (χ4v) is 5.47. The molecule has 2 aliphatic heterocycles. The molecule has 2 aromatic rings. The summed E-state index contributed by atoms with van der Waals surface area (Å²) in [5.74, 6) is -0.833. The summed E-state index contributed by atoms with van der Waals surface area (Å²) in [7, 11) is -4.00. The summed E-state index contributed by atoms with van der Waals surface area (Å²) in [5, 5.41) is 0.155. The van der Waals surface area contributed by atoms with Gasteiger partial charge in [0.15, 0.2) is 0 Å². The van der Waals surface area contributed by atoms with E-state index in [1.165, 1.54) is 10.4 Å². The Morgan fingerprint density at radius 2 is 1.82 bits per heavy atom. The minimum absolute atomic E-state index is 0.155. The Morgan fingerprint density at radius 1 is 1.11 bits per heavy atom. The van der Waals surface area contributed by atoms with Gasteiger partial charge in [-0.15, -0.1) is 0 Å². The molecule has 2 aliphatic rings. The number of ether oxygens (including phenoxy) is 1. The summed E-state index contributed by atoms with van der Waals surface area (Å²) in [6.45, 7) is 0.572. The number of hydrogen-bond acceptors (Lipinski definition) is 4. The van der Waals surface area contributed by atoms with Gasteiger partial charge in [-0.05, 0) is 37.1 Å². The Kier molecular flexibility index (Phi) is 5.03. The zero-order valence-corrected chi connectivity index (χ0v) is 16.4. The van der Waals surface area contributed by atoms with E-state index in [-0.39, 0.29) is 30.8 Å². The number of anilines is 1. The molecular weight excluding hydrogens is 407 g/mol. The molecule has 28 heavy (non-hydrogen) atoms. The molecule has 4 rings (SSSR count). The van der Waals surface area contributed by atoms with Crippen molar-refractivity contribution in [2.24, 2.45) is 0 Å². The third-order valence-electron chi connectivity index (χ3n) is 5.10. The van der Waals surface area contributed by atoms with E-state index >= 15 is 0 Å². The van der Waals surface area contributed by atoms with Crippen LogP contribution in [0.5, 0.6) is 0 Å². The topological polar surface area (TPSA) is 66.9 Å². The van der Waals surface area contributed by atoms with E-state index in [0.29, 0.717) is 12.8 Å². The Balaban J connectivity index is 1.54. The van der Waals surface area contributed by atoms with Gasteiger partial charge in [-0.2, -0.15) is 4.31 Å². The van der Waals surface area contributed by atoms with Crippen LogP contribution in [-0.2, 0) is 21.4 Å². The Morgan fingerprint density at radius 3 is 2.57 bits per heavy atom. The van der Waals surface area contributed by atoms with E-state index in [2.05, 4.69) is 0 Å². The zero-order valence-electron chi connectivity index (χ0n) is 14.8. The zero-order chi connectivity index (χ0) is 19.9. The van der Waals surface area contributed by atoms with Gasteiger partial charge < -0.3 is 4.74 Å². The summed E-state index contributed by atoms with van der Waals surface area (Å²) < 4.78 is 46.2. The highest BCUT2D eigenvalue weighted by atomic mass is 35.5. The van der Waals surface area contributed by atoms with Crippen LogP contribution in [0.3, 0.4) is 0 Å². The first kappa shape index (κ1) is 19.2. The maximum atomic E-state index is 14.1. The third kappa shape index (κ3) is 3.36. The van der Waals surface area contributed by atoms with Crippen molar-refractivity contribution in [3.63, 3.8) is 0 Å². The van der Waals surface area contributed by atoms with E-state index in [1.807, 2.05) is 24.3 Å². The van der Waals surface area contributed by atoms with Crippen LogP contribution in [0.4, 0.5) is 14.9 Å². The molecule has 1 amide bonds. The van der Waals surface area contributed by atoms with Gasteiger partial charge in [0.2, 0.25) is 10.0 Å². The molecule has 0 bridgehead atoms. The average Bonchev–Trinajstić information content (AvgIpc) is 2.70. The number of nitrogens with zero attached hydrogens (tertiary/aromatic N) is 2. The molecule has 0 unspecified atom stereocenters. The molecule has 2 heterocycles. The van der Waals surface area contributed by atoms with E-state index in [1.54, 1.807) is 4.90 Å². The molecule has 1 saturated heterocycles. The number of hydrogen-bond donors (Lipinski definition) is 0. The number of piperidine rings is 1. The molecule has 0 saturated carbocycles. The molecule has 0 aliphatic carbocycles. The van der Waals surface area contributed by atoms with Crippen LogP contribution in [0.1, 0.15) is 18.4 Å². The van der Waals surface area contributed by atoms with Crippen molar-refractivity contribution in [1.82, 2.24) is 4.31 Å². The summed E-state index contributed by atoms with van der Waals surface area (Å²) in [5.41, 5.74) is 1.71. The number of sulfonamides is 1. The number of cyclic esters (lactones) is 1. The number of para-hydroxylation sites is 1. The molecule has 0 N–H and O–H groups in total. The van der Waals surface area contributed by atoms with Crippen molar-refractivity contribution in [3.05, 3.63) is 58.9 Å². The van der Waals surface area contributed by atoms with Crippen LogP contribution >= 0.6 is 11.6 Å². The number of rotatable bonds is 3. The highest BCUT2D eigenvalue weighted by Crippen LogP contribution is 2.33. The number of amides is 1. The average molecular weight is 425 g/mol. The van der Waals surface area contributed by atoms with Gasteiger partial charge in [0.1, 0.15) is 17.3 Å². The minimum Gasteiger partial charge on any atom is -0.444 e. The standard InChI is InChI=1S/C19H18ClFN2O4S/c20-14-5-6-16(21)18(11-14)28(25,26)22-9-7-15(8-10-22)23-17-4-2-1-3-13(17)12-27-19(23)24/h1-6,11,15H,7-10,12H2. The lowest BCUT2D eigenvalue weighted by Crippen LogP contribution is -2.50. The molecule has 0 aromatic heterocycles. The number of benzene rings is 2. The molecular formula is C19H18ClFN2O4S. The smallest absolute Gasteiger partial charge is 0.414 e. The normalized spacial score (nSPS) is 18.6. The van der Waals surface area contributed by atoms with Crippen molar-refractivity contribution >= 4 is 33.4 Å². The predicted octanol–water partition coefficient (Wildman–Crippen LogP) is 3.79. The van der Waals surface area contributed by atoms with Crippen LogP contribution in [0.25, 0.3) is 0 Å². The van der Waals surface area contributed by atoms with E-state index in [9.17, 15) is 17.6 Å². The fraction of sp³-hybridized carbons (Fsp3) is 0.316. The number of fused-ring (bicyclic) bond motifs is 1. The first-order valence-electron chi connectivity index (χ1n) is 8.87. The van der Waals surface area contributed by atoms with Crippen LogP contribution in [0.15, 0.2) is 47.4 Å². The van der Waals surface area contributed by atoms with Gasteiger partial charge in [0, 0.05) is 29.7 Å². The summed E-state index contributed by atoms with van der Waals surface area (Å²) >= 11 is 5.84. The maximum Gasteiger partial charge on any atom is 0.414 e. The monoisotopic (exact) mass is 424 g/mol. The van der Waals surface area contributed by atoms with E-state index in [4.69, 9.17) is 16.3 Å². The van der Waals surface area contributed by atoms with Gasteiger partial charge in [-0.3, -0.25) is 4.90 Å². The van der Waals surface area contributed by atoms with Crippen molar-refractivity contribution in [3.8, 4) is 0 Å². The Bertz CT molecular complexity index is 1020. The SMILES string of the molecule is O=C1OCc2ccccc2N1C1CCN(S(=O)(=O)c2cc(Cl)ccc2F)CC1. The van der Waals surface area contributed by atoms with Crippen molar-refractivity contribution < 1.29 is 22.3 Å². The van der Waals surface area contributed by atoms with Crippen molar-refractivity contribution in [2.45, 2.75) is 30.4 Å². The molecule has 2 aromatic carbocycles. The lowest BCUT2D eigenvalue weighted by molar-refractivity contribution is 0.136. The fourth-order valence-electron chi connectivity index (χ4n) is 3.68. The molecule has 0 atom stereocenters. The largest absolute Gasteiger partial charge is 0.444 e. The second-order valence-corrected chi connectivity index (χ2v) is 9.11. The molecule has 1 fully saturated rings. The first-order valence-corrected chi connectivity index (χ1v) is 10.7. The molecule has 9 heteroatoms. The van der Waals surface area contributed by atoms with Crippen LogP contribution in [0.2, 0.25) is 5.02 Å². The lowest BCUT2D eigenvalue weighted by atomic mass is 10.0. The van der Waals surface area contributed by atoms with Gasteiger partial charge in [0.05, 0.1) is 5.69 Å². The summed E-state index contributed by atoms with van der Waals surface area (Å²) in [6.07, 6.45) is 0.413. The quantitative estimate of drug-likeness (QED) is 0.751. The molecule has 0 radical (unpaired) electrons. The van der Waals surface area contributed by atoms with Gasteiger partial charge >= 0.3 is 6.09 Å². The highest BCUT2D eigenvalue weighted by Gasteiger charge is 2.37. The maximum absolute atomic E-state index is 14.1. The van der Waals surface area contributed by atoms with Gasteiger partial charge in [0.25, 0.3) is 0 Å². The number of carbonyl (C=O) groups is 1. The van der Waals surface area contributed by atoms with Crippen molar-refractivity contribution in [2.75, 3.05) is 18.0 Å². The second kappa shape index (κ2) is 7.35. The Hall–Kier alpha value is -2.16. The number of carbonyl (C=O) groups excluding carboxylic acids is 1. The van der Waals surface area contributed by atoms with Crippen molar-refractivity contribution in [1.29, 1.82) is 0 Å². The van der Waals surface area contributed by atoms with Crippen LogP contribution < -0.4 is 4.90 Å². The third-order valence-corrected chi connectivity index (χ3v) is 7.25. The summed E-state index contributed by atoms with van der Waals surface area (Å²) in [6, 6.07) is 10.8. The molecule has 0 spiro atoms. The summed E-state index contributed by atoms with van der Waals surface area (Å²) in [4.78, 5) is 13.5. The lowest BCUT2D eigenvalue weighted by Gasteiger charge is -2.39. The highest BCUT2D eigenvalue weighted by molar-refractivity contribution is 7.89. The predicted molar refractivity (Wildman–Crippen MR) is 102 cm³/mol. The number of halogens is 2. The van der Waals surface area contributed by atoms with E-state index in [0.717, 1.165) is 23.4 Å². The molecule has 148 valence electrons. The Labute approximate surface area is 167 Å². The molecule has 6 nitrogen and oxygen atoms in total. The van der Waals surface area contributed by atoms with Gasteiger partial charge in [-0.1, -0.05) is 29.8 Å². The van der Waals surface area contributed by atoms with Crippen LogP contribution in [0, 0.1) is 5.82 Å².